The molecule has 84 valence electrons. The molecule has 0 saturated carbocycles. The molecule has 3 N–H and O–H groups in total. The molecule has 0 aliphatic carbocycles. The van der Waals surface area contributed by atoms with Crippen molar-refractivity contribution in [1.29, 1.82) is 5.26 Å². The van der Waals surface area contributed by atoms with Gasteiger partial charge < -0.3 is 11.1 Å². The van der Waals surface area contributed by atoms with Gasteiger partial charge in [0.05, 0.1) is 23.9 Å². The minimum atomic E-state index is -0.120. The predicted octanol–water partition coefficient (Wildman–Crippen LogP) is 0.786. The van der Waals surface area contributed by atoms with E-state index in [2.05, 4.69) is 10.3 Å². The summed E-state index contributed by atoms with van der Waals surface area (Å²) in [5.41, 5.74) is 6.24. The zero-order valence-corrected chi connectivity index (χ0v) is 9.46. The molecule has 0 aliphatic rings. The van der Waals surface area contributed by atoms with Crippen LogP contribution in [0.5, 0.6) is 0 Å². The molecule has 0 atom stereocenters. The Morgan fingerprint density at radius 3 is 3.19 bits per heavy atom. The molecule has 16 heavy (non-hydrogen) atoms. The second kappa shape index (κ2) is 6.69. The third-order valence-electron chi connectivity index (χ3n) is 1.70. The molecule has 0 radical (unpaired) electrons. The van der Waals surface area contributed by atoms with Gasteiger partial charge in [0.1, 0.15) is 5.03 Å². The van der Waals surface area contributed by atoms with Gasteiger partial charge in [-0.3, -0.25) is 4.79 Å². The number of amides is 1. The number of anilines is 1. The van der Waals surface area contributed by atoms with E-state index in [1.165, 1.54) is 11.8 Å². The lowest BCUT2D eigenvalue weighted by molar-refractivity contribution is -0.118. The molecule has 1 aromatic rings. The summed E-state index contributed by atoms with van der Waals surface area (Å²) in [5, 5.41) is 11.6. The topological polar surface area (TPSA) is 91.8 Å². The van der Waals surface area contributed by atoms with Crippen LogP contribution in [-0.2, 0) is 4.79 Å². The number of carbonyl (C=O) groups is 1. The normalized spacial score (nSPS) is 9.44. The Morgan fingerprint density at radius 2 is 2.50 bits per heavy atom. The van der Waals surface area contributed by atoms with E-state index in [1.54, 1.807) is 18.3 Å². The number of nitrogens with one attached hydrogen (secondary N) is 1. The van der Waals surface area contributed by atoms with Gasteiger partial charge in [0.15, 0.2) is 0 Å². The number of pyridine rings is 1. The second-order valence-corrected chi connectivity index (χ2v) is 3.91. The lowest BCUT2D eigenvalue weighted by Crippen LogP contribution is -2.25. The molecule has 6 heteroatoms. The summed E-state index contributed by atoms with van der Waals surface area (Å²) in [5.74, 6) is 0.136. The van der Waals surface area contributed by atoms with Crippen LogP contribution in [0.1, 0.15) is 6.42 Å². The average Bonchev–Trinajstić information content (AvgIpc) is 2.28. The summed E-state index contributed by atoms with van der Waals surface area (Å²) < 4.78 is 0. The standard InChI is InChI=1S/C10H12N4OS/c11-4-2-6-13-9(15)7-16-10-8(12)3-1-5-14-10/h1,3,5H,2,6-7,12H2,(H,13,15). The van der Waals surface area contributed by atoms with Gasteiger partial charge in [-0.2, -0.15) is 5.26 Å². The number of nitriles is 1. The van der Waals surface area contributed by atoms with Crippen LogP contribution < -0.4 is 11.1 Å². The van der Waals surface area contributed by atoms with Crippen molar-refractivity contribution in [3.63, 3.8) is 0 Å². The largest absolute Gasteiger partial charge is 0.397 e. The van der Waals surface area contributed by atoms with Crippen molar-refractivity contribution < 1.29 is 4.79 Å². The van der Waals surface area contributed by atoms with Gasteiger partial charge in [-0.05, 0) is 12.1 Å². The lowest BCUT2D eigenvalue weighted by atomic mass is 10.4. The fourth-order valence-electron chi connectivity index (χ4n) is 0.967. The molecule has 0 aromatic carbocycles. The number of thioether (sulfide) groups is 1. The van der Waals surface area contributed by atoms with Crippen LogP contribution in [0.4, 0.5) is 5.69 Å². The number of nitrogens with zero attached hydrogens (tertiary/aromatic N) is 2. The van der Waals surface area contributed by atoms with Crippen LogP contribution in [0.15, 0.2) is 23.4 Å². The monoisotopic (exact) mass is 236 g/mol. The maximum atomic E-state index is 11.3. The van der Waals surface area contributed by atoms with Crippen molar-refractivity contribution in [2.24, 2.45) is 0 Å². The molecule has 0 fully saturated rings. The number of aromatic nitrogens is 1. The molecule has 1 aromatic heterocycles. The first-order chi connectivity index (χ1) is 7.74. The van der Waals surface area contributed by atoms with E-state index in [0.29, 0.717) is 23.7 Å². The number of hydrogen-bond acceptors (Lipinski definition) is 5. The third-order valence-corrected chi connectivity index (χ3v) is 2.72. The minimum Gasteiger partial charge on any atom is -0.397 e. The smallest absolute Gasteiger partial charge is 0.230 e. The van der Waals surface area contributed by atoms with E-state index in [1.807, 2.05) is 6.07 Å². The van der Waals surface area contributed by atoms with Crippen LogP contribution in [-0.4, -0.2) is 23.2 Å². The number of hydrogen-bond donors (Lipinski definition) is 2. The highest BCUT2D eigenvalue weighted by Crippen LogP contribution is 2.20. The van der Waals surface area contributed by atoms with E-state index >= 15 is 0 Å². The SMILES string of the molecule is N#CCCNC(=O)CSc1ncccc1N. The molecule has 0 unspecified atom stereocenters. The molecular formula is C10H12N4OS. The molecule has 0 saturated heterocycles. The van der Waals surface area contributed by atoms with Gasteiger partial charge in [0, 0.05) is 12.7 Å². The molecule has 5 nitrogen and oxygen atoms in total. The quantitative estimate of drug-likeness (QED) is 0.582. The summed E-state index contributed by atoms with van der Waals surface area (Å²) in [7, 11) is 0. The van der Waals surface area contributed by atoms with Crippen molar-refractivity contribution in [2.45, 2.75) is 11.4 Å². The highest BCUT2D eigenvalue weighted by atomic mass is 32.2. The van der Waals surface area contributed by atoms with Gasteiger partial charge in [-0.15, -0.1) is 0 Å². The number of nitrogen functional groups attached to an aromatic ring is 1. The molecule has 0 aliphatic heterocycles. The minimum absolute atomic E-state index is 0.120. The molecule has 1 heterocycles. The predicted molar refractivity (Wildman–Crippen MR) is 62.6 cm³/mol. The number of nitrogens with two attached hydrogens (primary N) is 1. The van der Waals surface area contributed by atoms with E-state index < -0.39 is 0 Å². The Morgan fingerprint density at radius 1 is 1.69 bits per heavy atom. The molecule has 0 bridgehead atoms. The fourth-order valence-corrected chi connectivity index (χ4v) is 1.71. The Labute approximate surface area is 98.0 Å². The highest BCUT2D eigenvalue weighted by Gasteiger charge is 2.05. The van der Waals surface area contributed by atoms with E-state index in [4.69, 9.17) is 11.0 Å². The fraction of sp³-hybridized carbons (Fsp3) is 0.300. The molecule has 1 rings (SSSR count). The second-order valence-electron chi connectivity index (χ2n) is 2.94. The van der Waals surface area contributed by atoms with Crippen LogP contribution in [0.3, 0.4) is 0 Å². The number of rotatable bonds is 5. The average molecular weight is 236 g/mol. The van der Waals surface area contributed by atoms with Crippen molar-refractivity contribution in [3.05, 3.63) is 18.3 Å². The van der Waals surface area contributed by atoms with Gasteiger partial charge >= 0.3 is 0 Å². The Hall–Kier alpha value is -1.74. The highest BCUT2D eigenvalue weighted by molar-refractivity contribution is 8.00. The summed E-state index contributed by atoms with van der Waals surface area (Å²) in [6.07, 6.45) is 1.95. The van der Waals surface area contributed by atoms with Gasteiger partial charge in [-0.1, -0.05) is 11.8 Å². The van der Waals surface area contributed by atoms with Crippen molar-refractivity contribution in [3.8, 4) is 6.07 Å². The Bertz CT molecular complexity index is 402. The summed E-state index contributed by atoms with van der Waals surface area (Å²) in [6.45, 7) is 0.383. The Balaban J connectivity index is 2.32. The Kier molecular flexibility index (Phi) is 5.16. The molecule has 1 amide bonds. The lowest BCUT2D eigenvalue weighted by Gasteiger charge is -2.04. The number of carbonyl (C=O) groups excluding carboxylic acids is 1. The molecule has 0 spiro atoms. The summed E-state index contributed by atoms with van der Waals surface area (Å²) in [6, 6.07) is 5.43. The molecular weight excluding hydrogens is 224 g/mol. The van der Waals surface area contributed by atoms with Crippen LogP contribution in [0.2, 0.25) is 0 Å². The van der Waals surface area contributed by atoms with Gasteiger partial charge in [0.2, 0.25) is 5.91 Å². The summed E-state index contributed by atoms with van der Waals surface area (Å²) >= 11 is 1.28. The zero-order valence-electron chi connectivity index (χ0n) is 8.64. The van der Waals surface area contributed by atoms with Crippen LogP contribution in [0, 0.1) is 11.3 Å². The first-order valence-corrected chi connectivity index (χ1v) is 5.69. The first kappa shape index (κ1) is 12.3. The van der Waals surface area contributed by atoms with Crippen molar-refractivity contribution in [1.82, 2.24) is 10.3 Å². The maximum Gasteiger partial charge on any atom is 0.230 e. The van der Waals surface area contributed by atoms with E-state index in [0.717, 1.165) is 0 Å². The van der Waals surface area contributed by atoms with Crippen LogP contribution >= 0.6 is 11.8 Å². The van der Waals surface area contributed by atoms with E-state index in [9.17, 15) is 4.79 Å². The van der Waals surface area contributed by atoms with Gasteiger partial charge in [-0.25, -0.2) is 4.98 Å². The zero-order chi connectivity index (χ0) is 11.8. The van der Waals surface area contributed by atoms with Crippen LogP contribution in [0.25, 0.3) is 0 Å². The van der Waals surface area contributed by atoms with Gasteiger partial charge in [0.25, 0.3) is 0 Å². The first-order valence-electron chi connectivity index (χ1n) is 4.71. The van der Waals surface area contributed by atoms with E-state index in [-0.39, 0.29) is 11.7 Å². The van der Waals surface area contributed by atoms with Crippen molar-refractivity contribution >= 4 is 23.4 Å². The maximum absolute atomic E-state index is 11.3. The third kappa shape index (κ3) is 4.19. The summed E-state index contributed by atoms with van der Waals surface area (Å²) in [4.78, 5) is 15.3. The van der Waals surface area contributed by atoms with Crippen molar-refractivity contribution in [2.75, 3.05) is 18.0 Å².